The van der Waals surface area contributed by atoms with Crippen molar-refractivity contribution in [3.05, 3.63) is 74.6 Å². The fraction of sp³-hybridized carbons (Fsp3) is 0.346. The maximum absolute atomic E-state index is 14.3. The molecule has 10 nitrogen and oxygen atoms in total. The standard InChI is InChI=1S/C26H27ClFN3O7S/c1-14-17-12-18(27)20(38-26(34)31(2)3)13-19(17)37-25(33)21(14)22(15-8-5-4-6-9-15)39(35,36)30-24(32)16-10-7-11-29-23(16)28/h4-6,8-9,12-13,16,22-23,29H,7,10-11H2,1-3H3,(H,30,32). The number of sulfonamides is 1. The third-order valence-electron chi connectivity index (χ3n) is 6.47. The van der Waals surface area contributed by atoms with E-state index in [2.05, 4.69) is 5.32 Å². The number of hydrogen-bond donors (Lipinski definition) is 2. The molecular formula is C26H27ClFN3O7S. The predicted octanol–water partition coefficient (Wildman–Crippen LogP) is 3.65. The van der Waals surface area contributed by atoms with Crippen LogP contribution in [0.25, 0.3) is 11.0 Å². The number of benzene rings is 2. The fourth-order valence-electron chi connectivity index (χ4n) is 4.45. The maximum Gasteiger partial charge on any atom is 0.414 e. The molecule has 0 radical (unpaired) electrons. The topological polar surface area (TPSA) is 135 Å². The third-order valence-corrected chi connectivity index (χ3v) is 8.38. The average molecular weight is 580 g/mol. The number of rotatable bonds is 6. The monoisotopic (exact) mass is 579 g/mol. The Bertz CT molecular complexity index is 1580. The third kappa shape index (κ3) is 5.92. The van der Waals surface area contributed by atoms with E-state index >= 15 is 0 Å². The Kier molecular flexibility index (Phi) is 8.28. The molecular weight excluding hydrogens is 553 g/mol. The molecule has 2 heterocycles. The Hall–Kier alpha value is -3.48. The van der Waals surface area contributed by atoms with Gasteiger partial charge in [0.05, 0.1) is 16.5 Å². The SMILES string of the molecule is Cc1c(C(c2ccccc2)S(=O)(=O)NC(=O)C2CCCNC2F)c(=O)oc2cc(OC(=O)N(C)C)c(Cl)cc12. The van der Waals surface area contributed by atoms with E-state index in [1.807, 2.05) is 4.72 Å². The largest absolute Gasteiger partial charge is 0.422 e. The number of carbonyl (C=O) groups excluding carboxylic acids is 2. The van der Waals surface area contributed by atoms with Gasteiger partial charge in [0.2, 0.25) is 15.9 Å². The minimum atomic E-state index is -4.62. The van der Waals surface area contributed by atoms with Crippen LogP contribution in [0.5, 0.6) is 5.75 Å². The van der Waals surface area contributed by atoms with Gasteiger partial charge in [-0.1, -0.05) is 41.9 Å². The van der Waals surface area contributed by atoms with E-state index in [1.165, 1.54) is 50.2 Å². The van der Waals surface area contributed by atoms with Crippen LogP contribution in [0.15, 0.2) is 51.7 Å². The van der Waals surface area contributed by atoms with Gasteiger partial charge < -0.3 is 14.1 Å². The fourth-order valence-corrected chi connectivity index (χ4v) is 6.30. The van der Waals surface area contributed by atoms with Crippen molar-refractivity contribution < 1.29 is 31.6 Å². The molecule has 3 aromatic rings. The highest BCUT2D eigenvalue weighted by Gasteiger charge is 2.39. The first-order valence-corrected chi connectivity index (χ1v) is 14.0. The van der Waals surface area contributed by atoms with Gasteiger partial charge >= 0.3 is 11.7 Å². The second kappa shape index (κ2) is 11.3. The Morgan fingerprint density at radius 3 is 2.56 bits per heavy atom. The molecule has 2 aromatic carbocycles. The van der Waals surface area contributed by atoms with Gasteiger partial charge in [-0.2, -0.15) is 0 Å². The summed E-state index contributed by atoms with van der Waals surface area (Å²) in [7, 11) is -1.66. The lowest BCUT2D eigenvalue weighted by molar-refractivity contribution is -0.126. The first-order valence-electron chi connectivity index (χ1n) is 12.0. The van der Waals surface area contributed by atoms with E-state index in [0.717, 1.165) is 0 Å². The van der Waals surface area contributed by atoms with E-state index in [4.69, 9.17) is 20.8 Å². The van der Waals surface area contributed by atoms with Gasteiger partial charge in [-0.25, -0.2) is 22.4 Å². The number of nitrogens with one attached hydrogen (secondary N) is 2. The summed E-state index contributed by atoms with van der Waals surface area (Å²) < 4.78 is 54.4. The van der Waals surface area contributed by atoms with Crippen LogP contribution in [0.3, 0.4) is 0 Å². The van der Waals surface area contributed by atoms with Crippen LogP contribution in [-0.2, 0) is 14.8 Å². The molecule has 0 spiro atoms. The first kappa shape index (κ1) is 28.5. The van der Waals surface area contributed by atoms with Gasteiger partial charge in [0.25, 0.3) is 0 Å². The zero-order valence-electron chi connectivity index (χ0n) is 21.4. The van der Waals surface area contributed by atoms with Crippen LogP contribution in [0.4, 0.5) is 9.18 Å². The van der Waals surface area contributed by atoms with Crippen molar-refractivity contribution in [1.82, 2.24) is 14.9 Å². The number of aryl methyl sites for hydroxylation is 1. The summed E-state index contributed by atoms with van der Waals surface area (Å²) in [6.45, 7) is 1.90. The number of fused-ring (bicyclic) bond motifs is 1. The summed E-state index contributed by atoms with van der Waals surface area (Å²) in [5, 5.41) is 1.17. The van der Waals surface area contributed by atoms with Crippen molar-refractivity contribution in [2.24, 2.45) is 5.92 Å². The second-order valence-electron chi connectivity index (χ2n) is 9.38. The molecule has 0 saturated carbocycles. The lowest BCUT2D eigenvalue weighted by Gasteiger charge is -2.27. The molecule has 13 heteroatoms. The molecule has 1 aromatic heterocycles. The molecule has 0 bridgehead atoms. The number of carbonyl (C=O) groups is 2. The molecule has 1 aliphatic heterocycles. The number of halogens is 2. The van der Waals surface area contributed by atoms with Crippen molar-refractivity contribution in [3.8, 4) is 5.75 Å². The molecule has 3 atom stereocenters. The lowest BCUT2D eigenvalue weighted by atomic mass is 9.98. The summed E-state index contributed by atoms with van der Waals surface area (Å²) in [6.07, 6.45) is -1.74. The number of ether oxygens (including phenoxy) is 1. The number of piperidine rings is 1. The second-order valence-corrected chi connectivity index (χ2v) is 11.5. The molecule has 2 N–H and O–H groups in total. The molecule has 208 valence electrons. The van der Waals surface area contributed by atoms with Crippen LogP contribution in [-0.4, -0.2) is 52.3 Å². The van der Waals surface area contributed by atoms with Gasteiger partial charge in [0.1, 0.15) is 10.8 Å². The number of nitrogens with zero attached hydrogens (tertiary/aromatic N) is 1. The highest BCUT2D eigenvalue weighted by Crippen LogP contribution is 2.36. The van der Waals surface area contributed by atoms with Crippen LogP contribution < -0.4 is 20.4 Å². The van der Waals surface area contributed by atoms with Crippen LogP contribution in [0, 0.1) is 12.8 Å². The molecule has 2 amide bonds. The lowest BCUT2D eigenvalue weighted by Crippen LogP contribution is -2.48. The van der Waals surface area contributed by atoms with Gasteiger partial charge in [0.15, 0.2) is 12.0 Å². The van der Waals surface area contributed by atoms with E-state index in [0.29, 0.717) is 18.4 Å². The maximum atomic E-state index is 14.3. The minimum Gasteiger partial charge on any atom is -0.422 e. The van der Waals surface area contributed by atoms with Gasteiger partial charge in [-0.3, -0.25) is 14.8 Å². The molecule has 4 rings (SSSR count). The zero-order valence-corrected chi connectivity index (χ0v) is 22.9. The Labute approximate surface area is 229 Å². The molecule has 0 aliphatic carbocycles. The van der Waals surface area contributed by atoms with Crippen molar-refractivity contribution in [1.29, 1.82) is 0 Å². The van der Waals surface area contributed by atoms with Crippen molar-refractivity contribution >= 4 is 44.6 Å². The summed E-state index contributed by atoms with van der Waals surface area (Å²) in [5.74, 6) is -2.27. The first-order chi connectivity index (χ1) is 18.4. The Morgan fingerprint density at radius 1 is 1.23 bits per heavy atom. The highest BCUT2D eigenvalue weighted by atomic mass is 35.5. The van der Waals surface area contributed by atoms with Crippen LogP contribution >= 0.6 is 11.6 Å². The Morgan fingerprint density at radius 2 is 1.92 bits per heavy atom. The van der Waals surface area contributed by atoms with Gasteiger partial charge in [-0.15, -0.1) is 0 Å². The Balaban J connectivity index is 1.83. The van der Waals surface area contributed by atoms with Crippen molar-refractivity contribution in [2.75, 3.05) is 20.6 Å². The summed E-state index contributed by atoms with van der Waals surface area (Å²) >= 11 is 6.34. The summed E-state index contributed by atoms with van der Waals surface area (Å²) in [4.78, 5) is 39.4. The molecule has 3 unspecified atom stereocenters. The minimum absolute atomic E-state index is 0.00834. The summed E-state index contributed by atoms with van der Waals surface area (Å²) in [6, 6.07) is 10.5. The van der Waals surface area contributed by atoms with Crippen molar-refractivity contribution in [2.45, 2.75) is 31.3 Å². The van der Waals surface area contributed by atoms with E-state index < -0.39 is 45.1 Å². The average Bonchev–Trinajstić information content (AvgIpc) is 2.87. The van der Waals surface area contributed by atoms with Crippen LogP contribution in [0.1, 0.15) is 34.8 Å². The smallest absolute Gasteiger partial charge is 0.414 e. The molecule has 1 saturated heterocycles. The van der Waals surface area contributed by atoms with Gasteiger partial charge in [0, 0.05) is 25.5 Å². The van der Waals surface area contributed by atoms with Gasteiger partial charge in [-0.05, 0) is 43.5 Å². The highest BCUT2D eigenvalue weighted by molar-refractivity contribution is 7.90. The number of alkyl halides is 1. The zero-order chi connectivity index (χ0) is 28.5. The predicted molar refractivity (Wildman–Crippen MR) is 143 cm³/mol. The van der Waals surface area contributed by atoms with E-state index in [-0.39, 0.29) is 39.5 Å². The quantitative estimate of drug-likeness (QED) is 0.334. The number of hydrogen-bond acceptors (Lipinski definition) is 8. The molecule has 1 fully saturated rings. The van der Waals surface area contributed by atoms with Crippen LogP contribution in [0.2, 0.25) is 5.02 Å². The number of amides is 2. The molecule has 1 aliphatic rings. The molecule has 39 heavy (non-hydrogen) atoms. The van der Waals surface area contributed by atoms with Crippen molar-refractivity contribution in [3.63, 3.8) is 0 Å². The van der Waals surface area contributed by atoms with E-state index in [1.54, 1.807) is 18.2 Å². The summed E-state index contributed by atoms with van der Waals surface area (Å²) in [5.41, 5.74) is -0.811. The normalized spacial score (nSPS) is 18.4. The van der Waals surface area contributed by atoms with E-state index in [9.17, 15) is 27.2 Å².